The van der Waals surface area contributed by atoms with E-state index in [2.05, 4.69) is 20.3 Å². The number of aliphatic hydroxyl groups is 3. The SMILES string of the molecule is OC[C@H]1O[C@@H](n2cnc3c(NCC4CC4)nc(Cl)nc32)[C@H](O)[C@@H]1O. The molecule has 9 nitrogen and oxygen atoms in total. The Bertz CT molecular complexity index is 752. The molecular formula is C14H18ClN5O4. The highest BCUT2D eigenvalue weighted by Crippen LogP contribution is 2.33. The van der Waals surface area contributed by atoms with Gasteiger partial charge in [0, 0.05) is 6.54 Å². The summed E-state index contributed by atoms with van der Waals surface area (Å²) in [5.41, 5.74) is 0.904. The molecule has 4 N–H and O–H groups in total. The zero-order valence-corrected chi connectivity index (χ0v) is 13.5. The average Bonchev–Trinajstić information content (AvgIpc) is 3.24. The van der Waals surface area contributed by atoms with Gasteiger partial charge in [0.2, 0.25) is 5.28 Å². The molecule has 0 spiro atoms. The van der Waals surface area contributed by atoms with Gasteiger partial charge in [0.05, 0.1) is 12.9 Å². The van der Waals surface area contributed by atoms with Crippen LogP contribution in [0.3, 0.4) is 0 Å². The number of aromatic nitrogens is 4. The van der Waals surface area contributed by atoms with Crippen molar-refractivity contribution in [2.45, 2.75) is 37.4 Å². The Labute approximate surface area is 142 Å². The van der Waals surface area contributed by atoms with Crippen molar-refractivity contribution >= 4 is 28.6 Å². The first-order valence-electron chi connectivity index (χ1n) is 7.85. The highest BCUT2D eigenvalue weighted by atomic mass is 35.5. The number of ether oxygens (including phenoxy) is 1. The topological polar surface area (TPSA) is 126 Å². The van der Waals surface area contributed by atoms with Gasteiger partial charge < -0.3 is 25.4 Å². The third-order valence-corrected chi connectivity index (χ3v) is 4.61. The first-order chi connectivity index (χ1) is 11.6. The van der Waals surface area contributed by atoms with Gasteiger partial charge in [-0.25, -0.2) is 4.98 Å². The summed E-state index contributed by atoms with van der Waals surface area (Å²) in [5, 5.41) is 32.6. The number of anilines is 1. The normalized spacial score (nSPS) is 30.2. The van der Waals surface area contributed by atoms with Crippen molar-refractivity contribution in [3.8, 4) is 0 Å². The summed E-state index contributed by atoms with van der Waals surface area (Å²) < 4.78 is 7.02. The van der Waals surface area contributed by atoms with Gasteiger partial charge in [-0.3, -0.25) is 4.57 Å². The summed E-state index contributed by atoms with van der Waals surface area (Å²) in [6, 6.07) is 0. The standard InChI is InChI=1S/C14H18ClN5O4/c15-14-18-11(16-3-6-1-2-6)8-12(19-14)20(5-17-8)13-10(23)9(22)7(4-21)24-13/h5-7,9-10,13,21-23H,1-4H2,(H,16,18,19)/t7-,9-,10-,13-/m1/s1. The van der Waals surface area contributed by atoms with Gasteiger partial charge in [0.1, 0.15) is 18.3 Å². The molecule has 4 atom stereocenters. The summed E-state index contributed by atoms with van der Waals surface area (Å²) in [5.74, 6) is 1.18. The number of hydrogen-bond donors (Lipinski definition) is 4. The van der Waals surface area contributed by atoms with Gasteiger partial charge in [-0.1, -0.05) is 0 Å². The lowest BCUT2D eigenvalue weighted by Crippen LogP contribution is -2.33. The third-order valence-electron chi connectivity index (χ3n) is 4.44. The average molecular weight is 356 g/mol. The molecule has 2 aromatic heterocycles. The summed E-state index contributed by atoms with van der Waals surface area (Å²) in [4.78, 5) is 12.6. The lowest BCUT2D eigenvalue weighted by molar-refractivity contribution is -0.0511. The number of nitrogens with one attached hydrogen (secondary N) is 1. The second kappa shape index (κ2) is 6.08. The molecule has 2 fully saturated rings. The maximum atomic E-state index is 10.2. The van der Waals surface area contributed by atoms with E-state index in [-0.39, 0.29) is 5.28 Å². The molecule has 0 bridgehead atoms. The lowest BCUT2D eigenvalue weighted by atomic mass is 10.1. The first-order valence-corrected chi connectivity index (χ1v) is 8.22. The zero-order valence-electron chi connectivity index (χ0n) is 12.7. The summed E-state index contributed by atoms with van der Waals surface area (Å²) >= 11 is 6.02. The Balaban J connectivity index is 1.69. The molecule has 3 heterocycles. The van der Waals surface area contributed by atoms with E-state index < -0.39 is 31.1 Å². The minimum Gasteiger partial charge on any atom is -0.394 e. The van der Waals surface area contributed by atoms with E-state index in [1.807, 2.05) is 0 Å². The van der Waals surface area contributed by atoms with Crippen LogP contribution in [0.2, 0.25) is 5.28 Å². The maximum absolute atomic E-state index is 10.2. The van der Waals surface area contributed by atoms with Crippen molar-refractivity contribution in [3.05, 3.63) is 11.6 Å². The predicted molar refractivity (Wildman–Crippen MR) is 84.6 cm³/mol. The molecule has 24 heavy (non-hydrogen) atoms. The van der Waals surface area contributed by atoms with E-state index in [0.29, 0.717) is 22.9 Å². The fraction of sp³-hybridized carbons (Fsp3) is 0.643. The predicted octanol–water partition coefficient (Wildman–Crippen LogP) is -0.0869. The smallest absolute Gasteiger partial charge is 0.226 e. The minimum atomic E-state index is -1.21. The van der Waals surface area contributed by atoms with Gasteiger partial charge in [-0.2, -0.15) is 9.97 Å². The first kappa shape index (κ1) is 16.0. The molecule has 1 saturated carbocycles. The third kappa shape index (κ3) is 2.72. The van der Waals surface area contributed by atoms with Crippen LogP contribution in [0.5, 0.6) is 0 Å². The highest BCUT2D eigenvalue weighted by molar-refractivity contribution is 6.28. The molecule has 1 aliphatic carbocycles. The molecule has 0 amide bonds. The largest absolute Gasteiger partial charge is 0.394 e. The number of halogens is 1. The number of fused-ring (bicyclic) bond motifs is 1. The number of nitrogens with zero attached hydrogens (tertiary/aromatic N) is 4. The maximum Gasteiger partial charge on any atom is 0.226 e. The summed E-state index contributed by atoms with van der Waals surface area (Å²) in [6.07, 6.45) is -0.328. The molecule has 4 rings (SSSR count). The minimum absolute atomic E-state index is 0.0503. The van der Waals surface area contributed by atoms with E-state index in [1.54, 1.807) is 0 Å². The fourth-order valence-electron chi connectivity index (χ4n) is 2.87. The molecule has 0 aromatic carbocycles. The van der Waals surface area contributed by atoms with Gasteiger partial charge in [-0.05, 0) is 30.4 Å². The van der Waals surface area contributed by atoms with Crippen LogP contribution in [0.1, 0.15) is 19.1 Å². The Morgan fingerprint density at radius 1 is 1.29 bits per heavy atom. The molecule has 2 aliphatic rings. The van der Waals surface area contributed by atoms with E-state index in [4.69, 9.17) is 16.3 Å². The van der Waals surface area contributed by atoms with E-state index in [9.17, 15) is 15.3 Å². The lowest BCUT2D eigenvalue weighted by Gasteiger charge is -2.16. The number of imidazole rings is 1. The van der Waals surface area contributed by atoms with E-state index in [1.165, 1.54) is 23.7 Å². The summed E-state index contributed by atoms with van der Waals surface area (Å²) in [7, 11) is 0. The Morgan fingerprint density at radius 2 is 2.08 bits per heavy atom. The van der Waals surface area contributed by atoms with Crippen LogP contribution < -0.4 is 5.32 Å². The zero-order chi connectivity index (χ0) is 16.8. The van der Waals surface area contributed by atoms with Crippen molar-refractivity contribution < 1.29 is 20.1 Å². The molecule has 0 radical (unpaired) electrons. The second-order valence-electron chi connectivity index (χ2n) is 6.22. The van der Waals surface area contributed by atoms with Crippen LogP contribution in [-0.4, -0.2) is 66.3 Å². The Kier molecular flexibility index (Phi) is 4.05. The molecule has 1 aliphatic heterocycles. The van der Waals surface area contributed by atoms with Gasteiger partial charge in [0.25, 0.3) is 0 Å². The van der Waals surface area contributed by atoms with Crippen molar-refractivity contribution in [2.75, 3.05) is 18.5 Å². The van der Waals surface area contributed by atoms with E-state index in [0.717, 1.165) is 6.54 Å². The summed E-state index contributed by atoms with van der Waals surface area (Å²) in [6.45, 7) is 0.397. The highest BCUT2D eigenvalue weighted by Gasteiger charge is 2.44. The molecule has 2 aromatic rings. The van der Waals surface area contributed by atoms with Crippen molar-refractivity contribution in [3.63, 3.8) is 0 Å². The molecule has 1 saturated heterocycles. The second-order valence-corrected chi connectivity index (χ2v) is 6.56. The number of hydrogen-bond acceptors (Lipinski definition) is 8. The van der Waals surface area contributed by atoms with Crippen LogP contribution in [-0.2, 0) is 4.74 Å². The van der Waals surface area contributed by atoms with E-state index >= 15 is 0 Å². The van der Waals surface area contributed by atoms with Crippen LogP contribution >= 0.6 is 11.6 Å². The Morgan fingerprint density at radius 3 is 2.75 bits per heavy atom. The van der Waals surface area contributed by atoms with Gasteiger partial charge in [0.15, 0.2) is 23.2 Å². The quantitative estimate of drug-likeness (QED) is 0.548. The van der Waals surface area contributed by atoms with Crippen LogP contribution in [0, 0.1) is 5.92 Å². The number of aliphatic hydroxyl groups excluding tert-OH is 3. The van der Waals surface area contributed by atoms with Gasteiger partial charge in [-0.15, -0.1) is 0 Å². The number of rotatable bonds is 5. The van der Waals surface area contributed by atoms with Crippen LogP contribution in [0.25, 0.3) is 11.2 Å². The van der Waals surface area contributed by atoms with Crippen molar-refractivity contribution in [1.29, 1.82) is 0 Å². The van der Waals surface area contributed by atoms with Gasteiger partial charge >= 0.3 is 0 Å². The van der Waals surface area contributed by atoms with Crippen molar-refractivity contribution in [1.82, 2.24) is 19.5 Å². The monoisotopic (exact) mass is 355 g/mol. The Hall–Kier alpha value is -1.52. The molecule has 0 unspecified atom stereocenters. The fourth-order valence-corrected chi connectivity index (χ4v) is 3.04. The molecular weight excluding hydrogens is 338 g/mol. The van der Waals surface area contributed by atoms with Crippen molar-refractivity contribution in [2.24, 2.45) is 5.92 Å². The molecule has 10 heteroatoms. The van der Waals surface area contributed by atoms with Crippen LogP contribution in [0.4, 0.5) is 5.82 Å². The molecule has 130 valence electrons. The van der Waals surface area contributed by atoms with Crippen LogP contribution in [0.15, 0.2) is 6.33 Å².